The molecule has 1 saturated carbocycles. The minimum atomic E-state index is -0.273. The number of ether oxygens (including phenoxy) is 1. The number of carbonyl (C=O) groups is 1. The van der Waals surface area contributed by atoms with Crippen molar-refractivity contribution in [3.05, 3.63) is 24.3 Å². The van der Waals surface area contributed by atoms with Gasteiger partial charge in [-0.15, -0.1) is 0 Å². The predicted molar refractivity (Wildman–Crippen MR) is 58.5 cm³/mol. The Bertz CT molecular complexity index is 422. The van der Waals surface area contributed by atoms with Crippen molar-refractivity contribution < 1.29 is 14.6 Å². The zero-order valence-corrected chi connectivity index (χ0v) is 8.85. The van der Waals surface area contributed by atoms with E-state index in [9.17, 15) is 9.90 Å². The van der Waals surface area contributed by atoms with E-state index in [-0.39, 0.29) is 17.4 Å². The van der Waals surface area contributed by atoms with E-state index in [0.29, 0.717) is 6.54 Å². The van der Waals surface area contributed by atoms with Crippen molar-refractivity contribution in [2.24, 2.45) is 0 Å². The topological polar surface area (TPSA) is 49.8 Å². The number of phenols is 1. The number of amides is 1. The third-order valence-electron chi connectivity index (χ3n) is 3.40. The Labute approximate surface area is 93.4 Å². The molecule has 0 unspecified atom stereocenters. The SMILES string of the molecule is O=C1OC2(CCC2)CN1c1ccc(O)cc1. The summed E-state index contributed by atoms with van der Waals surface area (Å²) in [4.78, 5) is 13.3. The molecule has 16 heavy (non-hydrogen) atoms. The molecule has 2 aliphatic rings. The average Bonchev–Trinajstić information content (AvgIpc) is 2.57. The lowest BCUT2D eigenvalue weighted by molar-refractivity contribution is -0.00649. The minimum absolute atomic E-state index is 0.203. The first-order valence-electron chi connectivity index (χ1n) is 5.48. The molecule has 0 bridgehead atoms. The maximum atomic E-state index is 11.7. The lowest BCUT2D eigenvalue weighted by Crippen LogP contribution is -2.41. The van der Waals surface area contributed by atoms with E-state index in [1.165, 1.54) is 0 Å². The number of rotatable bonds is 1. The molecule has 4 nitrogen and oxygen atoms in total. The van der Waals surface area contributed by atoms with Crippen molar-refractivity contribution in [1.29, 1.82) is 0 Å². The van der Waals surface area contributed by atoms with Crippen molar-refractivity contribution in [2.45, 2.75) is 24.9 Å². The van der Waals surface area contributed by atoms with Crippen LogP contribution in [-0.4, -0.2) is 23.3 Å². The molecule has 1 heterocycles. The molecule has 84 valence electrons. The molecular weight excluding hydrogens is 206 g/mol. The predicted octanol–water partition coefficient (Wildman–Crippen LogP) is 2.27. The van der Waals surface area contributed by atoms with Gasteiger partial charge in [-0.05, 0) is 43.5 Å². The largest absolute Gasteiger partial charge is 0.508 e. The van der Waals surface area contributed by atoms with Crippen LogP contribution >= 0.6 is 0 Å². The first kappa shape index (κ1) is 9.51. The second-order valence-electron chi connectivity index (χ2n) is 4.51. The molecule has 0 aromatic heterocycles. The normalized spacial score (nSPS) is 22.0. The first-order chi connectivity index (χ1) is 7.69. The molecule has 1 aromatic carbocycles. The third-order valence-corrected chi connectivity index (χ3v) is 3.40. The van der Waals surface area contributed by atoms with Gasteiger partial charge in [-0.25, -0.2) is 4.79 Å². The van der Waals surface area contributed by atoms with Gasteiger partial charge in [-0.2, -0.15) is 0 Å². The van der Waals surface area contributed by atoms with Crippen LogP contribution < -0.4 is 4.90 Å². The van der Waals surface area contributed by atoms with E-state index in [1.807, 2.05) is 0 Å². The maximum Gasteiger partial charge on any atom is 0.415 e. The Hall–Kier alpha value is -1.71. The number of aromatic hydroxyl groups is 1. The van der Waals surface area contributed by atoms with Crippen molar-refractivity contribution >= 4 is 11.8 Å². The summed E-state index contributed by atoms with van der Waals surface area (Å²) in [5, 5.41) is 9.19. The maximum absolute atomic E-state index is 11.7. The number of nitrogens with zero attached hydrogens (tertiary/aromatic N) is 1. The number of hydrogen-bond donors (Lipinski definition) is 1. The Balaban J connectivity index is 1.85. The monoisotopic (exact) mass is 219 g/mol. The standard InChI is InChI=1S/C12H13NO3/c14-10-4-2-9(3-5-10)13-8-12(6-1-7-12)16-11(13)15/h2-5,14H,1,6-8H2. The van der Waals surface area contributed by atoms with Gasteiger partial charge in [-0.1, -0.05) is 0 Å². The van der Waals surface area contributed by atoms with Crippen molar-refractivity contribution in [3.63, 3.8) is 0 Å². The summed E-state index contributed by atoms with van der Waals surface area (Å²) in [6, 6.07) is 6.62. The highest BCUT2D eigenvalue weighted by molar-refractivity contribution is 5.90. The fourth-order valence-electron chi connectivity index (χ4n) is 2.29. The van der Waals surface area contributed by atoms with Crippen LogP contribution in [0.25, 0.3) is 0 Å². The van der Waals surface area contributed by atoms with Gasteiger partial charge in [0.25, 0.3) is 0 Å². The summed E-state index contributed by atoms with van der Waals surface area (Å²) < 4.78 is 5.41. The van der Waals surface area contributed by atoms with E-state index in [2.05, 4.69) is 0 Å². The van der Waals surface area contributed by atoms with Gasteiger partial charge in [-0.3, -0.25) is 4.90 Å². The molecule has 1 spiro atoms. The fraction of sp³-hybridized carbons (Fsp3) is 0.417. The molecule has 1 saturated heterocycles. The Kier molecular flexibility index (Phi) is 1.87. The summed E-state index contributed by atoms with van der Waals surface area (Å²) in [6.07, 6.45) is 2.79. The summed E-state index contributed by atoms with van der Waals surface area (Å²) in [5.41, 5.74) is 0.557. The van der Waals surface area contributed by atoms with Gasteiger partial charge < -0.3 is 9.84 Å². The van der Waals surface area contributed by atoms with Crippen LogP contribution in [0.15, 0.2) is 24.3 Å². The number of anilines is 1. The van der Waals surface area contributed by atoms with Gasteiger partial charge in [0.1, 0.15) is 11.4 Å². The molecule has 3 rings (SSSR count). The lowest BCUT2D eigenvalue weighted by Gasteiger charge is -2.35. The molecule has 4 heteroatoms. The van der Waals surface area contributed by atoms with E-state index in [4.69, 9.17) is 4.74 Å². The van der Waals surface area contributed by atoms with Crippen LogP contribution in [-0.2, 0) is 4.74 Å². The van der Waals surface area contributed by atoms with Crippen LogP contribution in [0.5, 0.6) is 5.75 Å². The quantitative estimate of drug-likeness (QED) is 0.788. The molecule has 1 aromatic rings. The molecule has 1 N–H and O–H groups in total. The van der Waals surface area contributed by atoms with Crippen molar-refractivity contribution in [1.82, 2.24) is 0 Å². The number of benzene rings is 1. The summed E-state index contributed by atoms with van der Waals surface area (Å²) in [7, 11) is 0. The molecule has 1 aliphatic heterocycles. The highest BCUT2D eigenvalue weighted by Gasteiger charge is 2.49. The van der Waals surface area contributed by atoms with E-state index >= 15 is 0 Å². The molecule has 0 radical (unpaired) electrons. The van der Waals surface area contributed by atoms with Crippen LogP contribution in [0.2, 0.25) is 0 Å². The summed E-state index contributed by atoms with van der Waals surface area (Å²) in [5.74, 6) is 0.203. The zero-order valence-electron chi connectivity index (χ0n) is 8.85. The minimum Gasteiger partial charge on any atom is -0.508 e. The van der Waals surface area contributed by atoms with Crippen LogP contribution in [0.1, 0.15) is 19.3 Å². The third kappa shape index (κ3) is 1.33. The van der Waals surface area contributed by atoms with Crippen LogP contribution in [0.4, 0.5) is 10.5 Å². The van der Waals surface area contributed by atoms with E-state index < -0.39 is 0 Å². The van der Waals surface area contributed by atoms with Crippen molar-refractivity contribution in [2.75, 3.05) is 11.4 Å². The van der Waals surface area contributed by atoms with Crippen molar-refractivity contribution in [3.8, 4) is 5.75 Å². The molecule has 0 atom stereocenters. The summed E-state index contributed by atoms with van der Waals surface area (Å²) >= 11 is 0. The highest BCUT2D eigenvalue weighted by atomic mass is 16.6. The van der Waals surface area contributed by atoms with Gasteiger partial charge in [0, 0.05) is 5.69 Å². The zero-order chi connectivity index (χ0) is 11.2. The van der Waals surface area contributed by atoms with Gasteiger partial charge in [0.15, 0.2) is 0 Å². The molecular formula is C12H13NO3. The fourth-order valence-corrected chi connectivity index (χ4v) is 2.29. The van der Waals surface area contributed by atoms with Gasteiger partial charge >= 0.3 is 6.09 Å². The average molecular weight is 219 g/mol. The lowest BCUT2D eigenvalue weighted by atomic mass is 9.80. The second kappa shape index (κ2) is 3.14. The summed E-state index contributed by atoms with van der Waals surface area (Å²) in [6.45, 7) is 0.636. The van der Waals surface area contributed by atoms with Crippen LogP contribution in [0.3, 0.4) is 0 Å². The Morgan fingerprint density at radius 2 is 1.94 bits per heavy atom. The van der Waals surface area contributed by atoms with E-state index in [0.717, 1.165) is 24.9 Å². The van der Waals surface area contributed by atoms with E-state index in [1.54, 1.807) is 29.2 Å². The molecule has 2 fully saturated rings. The molecule has 1 amide bonds. The van der Waals surface area contributed by atoms with Crippen LogP contribution in [0, 0.1) is 0 Å². The second-order valence-corrected chi connectivity index (χ2v) is 4.51. The van der Waals surface area contributed by atoms with Gasteiger partial charge in [0.05, 0.1) is 6.54 Å². The highest BCUT2D eigenvalue weighted by Crippen LogP contribution is 2.42. The smallest absolute Gasteiger partial charge is 0.415 e. The Morgan fingerprint density at radius 3 is 2.44 bits per heavy atom. The Morgan fingerprint density at radius 1 is 1.25 bits per heavy atom. The first-order valence-corrected chi connectivity index (χ1v) is 5.48. The van der Waals surface area contributed by atoms with Gasteiger partial charge in [0.2, 0.25) is 0 Å². The molecule has 1 aliphatic carbocycles. The number of phenolic OH excluding ortho intramolecular Hbond substituents is 1. The number of carbonyl (C=O) groups excluding carboxylic acids is 1. The number of hydrogen-bond acceptors (Lipinski definition) is 3.